The molecule has 24 heavy (non-hydrogen) atoms. The number of amides is 1. The Morgan fingerprint density at radius 3 is 2.12 bits per heavy atom. The van der Waals surface area contributed by atoms with Crippen LogP contribution in [-0.4, -0.2) is 23.9 Å². The molecule has 0 aliphatic heterocycles. The van der Waals surface area contributed by atoms with E-state index in [1.54, 1.807) is 19.1 Å². The summed E-state index contributed by atoms with van der Waals surface area (Å²) in [7, 11) is 0. The molecule has 1 amide bonds. The van der Waals surface area contributed by atoms with Crippen LogP contribution in [-0.2, 0) is 9.53 Å². The Bertz CT molecular complexity index is 649. The molecule has 0 aliphatic carbocycles. The molecule has 0 aromatic heterocycles. The average molecular weight is 328 g/mol. The van der Waals surface area contributed by atoms with Crippen molar-refractivity contribution in [2.75, 3.05) is 6.54 Å². The number of carbonyl (C=O) groups excluding carboxylic acids is 1. The van der Waals surface area contributed by atoms with Crippen molar-refractivity contribution in [3.05, 3.63) is 81.9 Å². The minimum Gasteiger partial charge on any atom is -0.357 e. The van der Waals surface area contributed by atoms with Crippen molar-refractivity contribution in [3.63, 3.8) is 0 Å². The van der Waals surface area contributed by atoms with Gasteiger partial charge in [0.25, 0.3) is 0 Å². The van der Waals surface area contributed by atoms with Gasteiger partial charge in [0, 0.05) is 4.92 Å². The quantitative estimate of drug-likeness (QED) is 0.436. The lowest BCUT2D eigenvalue weighted by atomic mass is 10.0. The van der Waals surface area contributed by atoms with E-state index in [9.17, 15) is 14.9 Å². The Hall–Kier alpha value is -2.73. The molecule has 2 rings (SSSR count). The molecule has 3 atom stereocenters. The fraction of sp³-hybridized carbons (Fsp3) is 0.278. The van der Waals surface area contributed by atoms with Crippen molar-refractivity contribution in [2.45, 2.75) is 25.2 Å². The normalized spacial score (nSPS) is 14.4. The van der Waals surface area contributed by atoms with E-state index in [2.05, 4.69) is 5.32 Å². The van der Waals surface area contributed by atoms with E-state index in [4.69, 9.17) is 4.74 Å². The predicted octanol–water partition coefficient (Wildman–Crippen LogP) is 2.90. The van der Waals surface area contributed by atoms with Gasteiger partial charge in [0.2, 0.25) is 13.0 Å². The van der Waals surface area contributed by atoms with Gasteiger partial charge >= 0.3 is 0 Å². The first-order valence-corrected chi connectivity index (χ1v) is 7.68. The van der Waals surface area contributed by atoms with Crippen molar-refractivity contribution in [3.8, 4) is 0 Å². The molecule has 0 radical (unpaired) electrons. The van der Waals surface area contributed by atoms with Crippen LogP contribution < -0.4 is 5.32 Å². The third-order valence-corrected chi connectivity index (χ3v) is 3.71. The van der Waals surface area contributed by atoms with Crippen molar-refractivity contribution in [2.24, 2.45) is 0 Å². The summed E-state index contributed by atoms with van der Waals surface area (Å²) in [6.45, 7) is 1.46. The van der Waals surface area contributed by atoms with Crippen LogP contribution in [0.5, 0.6) is 0 Å². The Balaban J connectivity index is 2.30. The number of nitro groups is 1. The van der Waals surface area contributed by atoms with Gasteiger partial charge in [-0.15, -0.1) is 0 Å². The third kappa shape index (κ3) is 4.89. The van der Waals surface area contributed by atoms with E-state index >= 15 is 0 Å². The van der Waals surface area contributed by atoms with E-state index in [0.29, 0.717) is 6.41 Å². The second-order valence-corrected chi connectivity index (χ2v) is 5.46. The van der Waals surface area contributed by atoms with Crippen molar-refractivity contribution >= 4 is 6.41 Å². The monoisotopic (exact) mass is 328 g/mol. The largest absolute Gasteiger partial charge is 0.357 e. The highest BCUT2D eigenvalue weighted by atomic mass is 16.6. The van der Waals surface area contributed by atoms with Gasteiger partial charge in [-0.25, -0.2) is 0 Å². The van der Waals surface area contributed by atoms with Crippen LogP contribution in [0.4, 0.5) is 0 Å². The molecule has 0 bridgehead atoms. The number of hydrogen-bond donors (Lipinski definition) is 1. The minimum atomic E-state index is -0.706. The highest BCUT2D eigenvalue weighted by Crippen LogP contribution is 2.29. The Kier molecular flexibility index (Phi) is 6.45. The van der Waals surface area contributed by atoms with Crippen LogP contribution >= 0.6 is 0 Å². The molecule has 0 spiro atoms. The van der Waals surface area contributed by atoms with Gasteiger partial charge in [-0.2, -0.15) is 0 Å². The van der Waals surface area contributed by atoms with Crippen molar-refractivity contribution in [1.82, 2.24) is 5.32 Å². The summed E-state index contributed by atoms with van der Waals surface area (Å²) in [4.78, 5) is 21.5. The Morgan fingerprint density at radius 1 is 1.08 bits per heavy atom. The van der Waals surface area contributed by atoms with Crippen molar-refractivity contribution < 1.29 is 14.5 Å². The molecule has 0 unspecified atom stereocenters. The number of carbonyl (C=O) groups is 1. The molecule has 0 saturated carbocycles. The summed E-state index contributed by atoms with van der Waals surface area (Å²) in [6, 6.07) is 18.1. The summed E-state index contributed by atoms with van der Waals surface area (Å²) in [5, 5.41) is 13.7. The first-order chi connectivity index (χ1) is 11.6. The maximum Gasteiger partial charge on any atom is 0.233 e. The summed E-state index contributed by atoms with van der Waals surface area (Å²) in [5.74, 6) is 0. The van der Waals surface area contributed by atoms with E-state index < -0.39 is 17.1 Å². The van der Waals surface area contributed by atoms with Gasteiger partial charge in [-0.05, 0) is 18.1 Å². The maximum atomic E-state index is 11.1. The SMILES string of the molecule is C[C@H](NC=O)[C@H](O[C@@H](C[N+](=O)[O-])c1ccccc1)c1ccccc1. The van der Waals surface area contributed by atoms with Gasteiger partial charge in [0.1, 0.15) is 12.2 Å². The Morgan fingerprint density at radius 2 is 1.62 bits per heavy atom. The molecule has 126 valence electrons. The lowest BCUT2D eigenvalue weighted by molar-refractivity contribution is -0.494. The highest BCUT2D eigenvalue weighted by Gasteiger charge is 2.27. The maximum absolute atomic E-state index is 11.1. The number of hydrogen-bond acceptors (Lipinski definition) is 4. The number of nitrogens with zero attached hydrogens (tertiary/aromatic N) is 1. The molecular weight excluding hydrogens is 308 g/mol. The first-order valence-electron chi connectivity index (χ1n) is 7.68. The molecule has 6 nitrogen and oxygen atoms in total. The zero-order chi connectivity index (χ0) is 17.4. The van der Waals surface area contributed by atoms with Crippen LogP contribution in [0.2, 0.25) is 0 Å². The molecule has 6 heteroatoms. The van der Waals surface area contributed by atoms with Crippen LogP contribution in [0.15, 0.2) is 60.7 Å². The van der Waals surface area contributed by atoms with Gasteiger partial charge in [-0.1, -0.05) is 60.7 Å². The number of benzene rings is 2. The second kappa shape index (κ2) is 8.79. The highest BCUT2D eigenvalue weighted by molar-refractivity contribution is 5.47. The van der Waals surface area contributed by atoms with Gasteiger partial charge in [-0.3, -0.25) is 14.9 Å². The average Bonchev–Trinajstić information content (AvgIpc) is 2.60. The fourth-order valence-electron chi connectivity index (χ4n) is 2.53. The van der Waals surface area contributed by atoms with Crippen molar-refractivity contribution in [1.29, 1.82) is 0 Å². The van der Waals surface area contributed by atoms with Crippen LogP contribution in [0.1, 0.15) is 30.3 Å². The van der Waals surface area contributed by atoms with Crippen LogP contribution in [0, 0.1) is 10.1 Å². The molecule has 0 aliphatic rings. The minimum absolute atomic E-state index is 0.331. The topological polar surface area (TPSA) is 81.5 Å². The number of rotatable bonds is 9. The summed E-state index contributed by atoms with van der Waals surface area (Å²) in [5.41, 5.74) is 1.58. The van der Waals surface area contributed by atoms with E-state index in [1.165, 1.54) is 0 Å². The molecular formula is C18H20N2O4. The Labute approximate surface area is 140 Å². The zero-order valence-corrected chi connectivity index (χ0v) is 13.4. The number of ether oxygens (including phenoxy) is 1. The molecule has 0 heterocycles. The second-order valence-electron chi connectivity index (χ2n) is 5.46. The van der Waals surface area contributed by atoms with Crippen LogP contribution in [0.25, 0.3) is 0 Å². The number of nitrogens with one attached hydrogen (secondary N) is 1. The van der Waals surface area contributed by atoms with Crippen LogP contribution in [0.3, 0.4) is 0 Å². The predicted molar refractivity (Wildman–Crippen MR) is 90.0 cm³/mol. The third-order valence-electron chi connectivity index (χ3n) is 3.71. The van der Waals surface area contributed by atoms with E-state index in [1.807, 2.05) is 48.5 Å². The van der Waals surface area contributed by atoms with E-state index in [0.717, 1.165) is 11.1 Å². The summed E-state index contributed by atoms with van der Waals surface area (Å²) in [6.07, 6.45) is -0.599. The molecule has 0 saturated heterocycles. The van der Waals surface area contributed by atoms with E-state index in [-0.39, 0.29) is 12.6 Å². The molecule has 2 aromatic carbocycles. The van der Waals surface area contributed by atoms with Gasteiger partial charge in [0.15, 0.2) is 0 Å². The first kappa shape index (κ1) is 17.6. The molecule has 2 aromatic rings. The zero-order valence-electron chi connectivity index (χ0n) is 13.4. The lowest BCUT2D eigenvalue weighted by Gasteiger charge is -2.28. The summed E-state index contributed by atoms with van der Waals surface area (Å²) >= 11 is 0. The van der Waals surface area contributed by atoms with Gasteiger partial charge < -0.3 is 10.1 Å². The fourth-order valence-corrected chi connectivity index (χ4v) is 2.53. The molecule has 0 fully saturated rings. The van der Waals surface area contributed by atoms with Gasteiger partial charge in [0.05, 0.1) is 6.04 Å². The molecule has 1 N–H and O–H groups in total. The summed E-state index contributed by atoms with van der Waals surface area (Å²) < 4.78 is 6.08. The standard InChI is InChI=1S/C18H20N2O4/c1-14(19-13-21)18(16-10-6-3-7-11-16)24-17(12-20(22)23)15-8-4-2-5-9-15/h2-11,13-14,17-18H,12H2,1H3,(H,19,21)/t14-,17-,18-/m0/s1. The smallest absolute Gasteiger partial charge is 0.233 e. The lowest BCUT2D eigenvalue weighted by Crippen LogP contribution is -2.34.